The van der Waals surface area contributed by atoms with Crippen molar-refractivity contribution >= 4 is 0 Å². The van der Waals surface area contributed by atoms with Gasteiger partial charge in [-0.15, -0.1) is 12.1 Å². The molecule has 0 N–H and O–H groups in total. The monoisotopic (exact) mass is 354 g/mol. The van der Waals surface area contributed by atoms with Gasteiger partial charge in [-0.3, -0.25) is 0 Å². The van der Waals surface area contributed by atoms with E-state index < -0.39 is 0 Å². The van der Waals surface area contributed by atoms with E-state index in [0.29, 0.717) is 0 Å². The van der Waals surface area contributed by atoms with Crippen molar-refractivity contribution in [2.75, 3.05) is 7.11 Å². The fraction of sp³-hybridized carbons (Fsp3) is 0.316. The smallest absolute Gasteiger partial charge is 2.00 e. The Morgan fingerprint density at radius 3 is 1.17 bits per heavy atom. The van der Waals surface area contributed by atoms with Crippen molar-refractivity contribution in [2.24, 2.45) is 0 Å². The Hall–Kier alpha value is -0.981. The van der Waals surface area contributed by atoms with Crippen LogP contribution in [0.15, 0.2) is 24.3 Å². The fourth-order valence-corrected chi connectivity index (χ4v) is 1.91. The van der Waals surface area contributed by atoms with Crippen molar-refractivity contribution in [1.82, 2.24) is 0 Å². The van der Waals surface area contributed by atoms with Crippen molar-refractivity contribution in [1.29, 1.82) is 0 Å². The molecule has 1 fully saturated rings. The van der Waals surface area contributed by atoms with Crippen molar-refractivity contribution in [3.8, 4) is 5.75 Å². The first-order valence-electron chi connectivity index (χ1n) is 6.59. The van der Waals surface area contributed by atoms with E-state index in [2.05, 4.69) is 54.0 Å². The second-order valence-corrected chi connectivity index (χ2v) is 4.56. The number of hydrogen-bond acceptors (Lipinski definition) is 1. The first-order chi connectivity index (χ1) is 10.5. The Kier molecular flexibility index (Phi) is 18.6. The summed E-state index contributed by atoms with van der Waals surface area (Å²) in [6, 6.07) is 10.2. The van der Waals surface area contributed by atoms with Crippen LogP contribution >= 0.6 is 0 Å². The van der Waals surface area contributed by atoms with E-state index in [4.69, 9.17) is 14.0 Å². The quantitative estimate of drug-likeness (QED) is 0.419. The van der Waals surface area contributed by atoms with Gasteiger partial charge in [-0.25, -0.2) is 0 Å². The fourth-order valence-electron chi connectivity index (χ4n) is 1.91. The van der Waals surface area contributed by atoms with Gasteiger partial charge >= 0.3 is 39.7 Å². The number of hydrogen-bond donors (Lipinski definition) is 0. The molecule has 0 amide bonds. The molecule has 4 heteroatoms. The zero-order chi connectivity index (χ0) is 17.7. The van der Waals surface area contributed by atoms with Crippen molar-refractivity contribution in [3.63, 3.8) is 0 Å². The molecule has 0 atom stereocenters. The molecule has 0 bridgehead atoms. The first-order valence-corrected chi connectivity index (χ1v) is 6.59. The first kappa shape index (κ1) is 26.9. The molecule has 23 heavy (non-hydrogen) atoms. The van der Waals surface area contributed by atoms with E-state index in [-0.39, 0.29) is 17.1 Å². The molecule has 1 aromatic carbocycles. The third-order valence-corrected chi connectivity index (χ3v) is 3.74. The van der Waals surface area contributed by atoms with Crippen LogP contribution in [0.3, 0.4) is 0 Å². The van der Waals surface area contributed by atoms with Crippen LogP contribution in [0.25, 0.3) is 0 Å². The van der Waals surface area contributed by atoms with Crippen LogP contribution in [0.1, 0.15) is 34.6 Å². The van der Waals surface area contributed by atoms with Crippen LogP contribution in [0.5, 0.6) is 5.75 Å². The van der Waals surface area contributed by atoms with Gasteiger partial charge in [0, 0.05) is 5.75 Å². The molecule has 0 spiro atoms. The molecule has 0 aliphatic heterocycles. The molecule has 0 saturated heterocycles. The van der Waals surface area contributed by atoms with E-state index in [1.165, 1.54) is 29.6 Å². The third-order valence-electron chi connectivity index (χ3n) is 3.74. The Bertz CT molecular complexity index is 366. The summed E-state index contributed by atoms with van der Waals surface area (Å²) in [5.74, 6) is 8.22. The standard InChI is InChI=1S/C10H15.C7H7O.2CO.Fe/c1-6-7(2)9(4)10(5)8(6)3;1-8-7-5-3-2-4-6-7;2*1-2;/h1-5H3;3-6H,1H3;;;/q;-1;;;+2. The van der Waals surface area contributed by atoms with Crippen LogP contribution in [-0.2, 0) is 26.4 Å². The zero-order valence-electron chi connectivity index (χ0n) is 14.4. The summed E-state index contributed by atoms with van der Waals surface area (Å²) in [5.41, 5.74) is 0. The molecule has 0 heterocycles. The topological polar surface area (TPSA) is 49.0 Å². The van der Waals surface area contributed by atoms with Crippen LogP contribution in [-0.4, -0.2) is 7.11 Å². The maximum absolute atomic E-state index is 7.50. The maximum Gasteiger partial charge on any atom is 2.00 e. The zero-order valence-corrected chi connectivity index (χ0v) is 15.5. The van der Waals surface area contributed by atoms with Crippen LogP contribution in [0.2, 0.25) is 0 Å². The van der Waals surface area contributed by atoms with Crippen LogP contribution in [0.4, 0.5) is 0 Å². The summed E-state index contributed by atoms with van der Waals surface area (Å²) in [4.78, 5) is 0. The molecule has 1 aliphatic rings. The van der Waals surface area contributed by atoms with E-state index in [1.807, 2.05) is 24.3 Å². The van der Waals surface area contributed by atoms with Gasteiger partial charge in [0.2, 0.25) is 0 Å². The summed E-state index contributed by atoms with van der Waals surface area (Å²) in [6.45, 7) is 20.0. The summed E-state index contributed by atoms with van der Waals surface area (Å²) in [6.07, 6.45) is 0. The maximum atomic E-state index is 7.50. The van der Waals surface area contributed by atoms with E-state index in [9.17, 15) is 0 Å². The van der Waals surface area contributed by atoms with Crippen LogP contribution < -0.4 is 4.74 Å². The number of benzene rings is 1. The molecule has 123 valence electrons. The molecule has 0 aromatic heterocycles. The molecule has 1 aromatic rings. The van der Waals surface area contributed by atoms with E-state index >= 15 is 0 Å². The van der Waals surface area contributed by atoms with Gasteiger partial charge in [0.05, 0.1) is 7.11 Å². The summed E-state index contributed by atoms with van der Waals surface area (Å²) >= 11 is 0. The number of rotatable bonds is 1. The van der Waals surface area contributed by atoms with E-state index in [1.54, 1.807) is 7.11 Å². The molecule has 5 radical (unpaired) electrons. The average Bonchev–Trinajstić information content (AvgIpc) is 2.77. The minimum atomic E-state index is 0. The van der Waals surface area contributed by atoms with Crippen molar-refractivity contribution in [3.05, 3.63) is 73.2 Å². The Labute approximate surface area is 152 Å². The van der Waals surface area contributed by atoms with Gasteiger partial charge in [0.15, 0.2) is 0 Å². The molecular weight excluding hydrogens is 332 g/mol. The summed E-state index contributed by atoms with van der Waals surface area (Å²) < 4.78 is 19.9. The molecule has 2 rings (SSSR count). The summed E-state index contributed by atoms with van der Waals surface area (Å²) in [5, 5.41) is 0. The van der Waals surface area contributed by atoms with Crippen molar-refractivity contribution < 1.29 is 31.1 Å². The molecular formula is C19H22FeO3+. The SMILES string of the molecule is COc1cc[c-]cc1.C[C]1[C](C)[C](C)[C](C)[C]1C.[C-]#[O+].[C-]#[O+].[Fe+2]. The normalized spacial score (nSPS) is 15.6. The van der Waals surface area contributed by atoms with Gasteiger partial charge in [0.1, 0.15) is 0 Å². The second kappa shape index (κ2) is 15.9. The van der Waals surface area contributed by atoms with Gasteiger partial charge in [-0.1, -0.05) is 34.6 Å². The summed E-state index contributed by atoms with van der Waals surface area (Å²) in [7, 11) is 1.65. The minimum absolute atomic E-state index is 0. The Morgan fingerprint density at radius 2 is 1.00 bits per heavy atom. The Balaban J connectivity index is -0.000000280. The largest absolute Gasteiger partial charge is 2.00 e. The van der Waals surface area contributed by atoms with Gasteiger partial charge in [-0.05, 0) is 29.6 Å². The predicted octanol–water partition coefficient (Wildman–Crippen LogP) is 4.39. The number of ether oxygens (including phenoxy) is 1. The average molecular weight is 354 g/mol. The van der Waals surface area contributed by atoms with Gasteiger partial charge in [0.25, 0.3) is 0 Å². The van der Waals surface area contributed by atoms with E-state index in [0.717, 1.165) is 5.75 Å². The molecule has 1 aliphatic carbocycles. The molecule has 0 unspecified atom stereocenters. The van der Waals surface area contributed by atoms with Crippen LogP contribution in [0, 0.1) is 49.0 Å². The molecule has 1 saturated carbocycles. The van der Waals surface area contributed by atoms with Gasteiger partial charge in [-0.2, -0.15) is 18.2 Å². The third kappa shape index (κ3) is 9.03. The molecule has 3 nitrogen and oxygen atoms in total. The Morgan fingerprint density at radius 1 is 0.739 bits per heavy atom. The number of methoxy groups -OCH3 is 1. The minimum Gasteiger partial charge on any atom is 2.00 e. The predicted molar refractivity (Wildman–Crippen MR) is 84.3 cm³/mol. The van der Waals surface area contributed by atoms with Gasteiger partial charge < -0.3 is 4.74 Å². The van der Waals surface area contributed by atoms with Crippen molar-refractivity contribution in [2.45, 2.75) is 34.6 Å². The second-order valence-electron chi connectivity index (χ2n) is 4.56.